The number of amides is 3. The molecule has 0 saturated carbocycles. The Hall–Kier alpha value is -3.28. The predicted octanol–water partition coefficient (Wildman–Crippen LogP) is 6.21. The van der Waals surface area contributed by atoms with Crippen molar-refractivity contribution in [3.8, 4) is 5.75 Å². The number of thiazole rings is 1. The molecule has 13 heteroatoms. The molecule has 4 aromatic rings. The van der Waals surface area contributed by atoms with E-state index in [0.29, 0.717) is 42.1 Å². The van der Waals surface area contributed by atoms with Crippen LogP contribution in [0, 0.1) is 5.92 Å². The minimum absolute atomic E-state index is 0.253. The molecule has 3 aromatic carbocycles. The first-order valence-corrected chi connectivity index (χ1v) is 15.0. The maximum Gasteiger partial charge on any atom is 0.305 e. The van der Waals surface area contributed by atoms with Crippen molar-refractivity contribution in [1.29, 1.82) is 0 Å². The molecule has 2 aliphatic rings. The Morgan fingerprint density at radius 2 is 1.66 bits per heavy atom. The molecule has 3 amide bonds. The lowest BCUT2D eigenvalue weighted by Crippen LogP contribution is -2.32. The summed E-state index contributed by atoms with van der Waals surface area (Å²) in [4.78, 5) is 56.4. The van der Waals surface area contributed by atoms with E-state index in [-0.39, 0.29) is 23.3 Å². The van der Waals surface area contributed by atoms with Gasteiger partial charge in [0.05, 0.1) is 26.7 Å². The van der Waals surface area contributed by atoms with Crippen molar-refractivity contribution in [2.75, 3.05) is 16.8 Å². The zero-order valence-electron chi connectivity index (χ0n) is 20.7. The maximum absolute atomic E-state index is 13.8. The van der Waals surface area contributed by atoms with Gasteiger partial charge in [-0.2, -0.15) is 0 Å². The molecular weight excluding hydrogens is 629 g/mol. The Morgan fingerprint density at radius 3 is 2.37 bits per heavy atom. The van der Waals surface area contributed by atoms with Crippen molar-refractivity contribution in [3.63, 3.8) is 0 Å². The van der Waals surface area contributed by atoms with Crippen molar-refractivity contribution in [2.24, 2.45) is 5.92 Å². The van der Waals surface area contributed by atoms with Gasteiger partial charge in [0.2, 0.25) is 11.8 Å². The van der Waals surface area contributed by atoms with Crippen LogP contribution in [-0.4, -0.2) is 34.6 Å². The van der Waals surface area contributed by atoms with Crippen LogP contribution in [0.25, 0.3) is 0 Å². The van der Waals surface area contributed by atoms with E-state index >= 15 is 0 Å². The summed E-state index contributed by atoms with van der Waals surface area (Å²) >= 11 is 20.2. The molecule has 0 bridgehead atoms. The fourth-order valence-electron chi connectivity index (χ4n) is 4.91. The van der Waals surface area contributed by atoms with E-state index in [1.54, 1.807) is 66.7 Å². The number of carbonyl (C=O) groups is 3. The predicted molar refractivity (Wildman–Crippen MR) is 161 cm³/mol. The monoisotopic (exact) mass is 645 g/mol. The molecule has 0 spiro atoms. The van der Waals surface area contributed by atoms with Crippen LogP contribution in [0.2, 0.25) is 15.1 Å². The molecule has 0 aliphatic carbocycles. The molecule has 2 aliphatic heterocycles. The Bertz CT molecular complexity index is 1740. The van der Waals surface area contributed by atoms with Gasteiger partial charge in [-0.3, -0.25) is 19.2 Å². The number of fused-ring (bicyclic) bond motifs is 2. The number of hydrogen-bond donors (Lipinski definition) is 2. The van der Waals surface area contributed by atoms with Gasteiger partial charge in [0.15, 0.2) is 6.61 Å². The van der Waals surface area contributed by atoms with Gasteiger partial charge in [0.1, 0.15) is 11.0 Å². The van der Waals surface area contributed by atoms with E-state index in [4.69, 9.17) is 39.5 Å². The number of imide groups is 1. The van der Waals surface area contributed by atoms with Crippen LogP contribution in [0.3, 0.4) is 0 Å². The number of H-pyrrole nitrogens is 1. The zero-order chi connectivity index (χ0) is 28.8. The molecule has 3 atom stereocenters. The molecule has 0 radical (unpaired) electrons. The van der Waals surface area contributed by atoms with Crippen LogP contribution in [0.4, 0.5) is 11.4 Å². The van der Waals surface area contributed by atoms with Crippen LogP contribution in [-0.2, 0) is 14.4 Å². The summed E-state index contributed by atoms with van der Waals surface area (Å²) in [5, 5.41) is 3.76. The first-order chi connectivity index (χ1) is 19.7. The quantitative estimate of drug-likeness (QED) is 0.241. The Morgan fingerprint density at radius 1 is 0.927 bits per heavy atom. The Kier molecular flexibility index (Phi) is 7.60. The normalized spacial score (nSPS) is 19.6. The standard InChI is InChI=1S/C28H18Cl3N3O5S2/c29-14-3-6-16(7-4-14)34-26(36)22-21(23-25(33-28(38)41-23)40-24(22)27(34)37)13-1-8-17(9-2-13)39-12-20(35)32-15-5-10-18(30)19(31)11-15/h1-11,21-22,24H,12H2,(H,32,35)(H,33,38)/t21-,22?,24?/m1/s1. The number of nitrogens with zero attached hydrogens (tertiary/aromatic N) is 1. The molecule has 208 valence electrons. The summed E-state index contributed by atoms with van der Waals surface area (Å²) in [6.45, 7) is -0.253. The van der Waals surface area contributed by atoms with Gasteiger partial charge in [-0.1, -0.05) is 70.0 Å². The molecule has 2 unspecified atom stereocenters. The van der Waals surface area contributed by atoms with Gasteiger partial charge in [-0.05, 0) is 60.2 Å². The fraction of sp³-hybridized carbons (Fsp3) is 0.143. The van der Waals surface area contributed by atoms with Gasteiger partial charge in [0, 0.05) is 21.5 Å². The Labute approximate surface area is 256 Å². The van der Waals surface area contributed by atoms with Gasteiger partial charge in [0.25, 0.3) is 5.91 Å². The summed E-state index contributed by atoms with van der Waals surface area (Å²) in [6, 6.07) is 18.2. The van der Waals surface area contributed by atoms with E-state index < -0.39 is 23.0 Å². The van der Waals surface area contributed by atoms with E-state index in [9.17, 15) is 19.2 Å². The number of rotatable bonds is 6. The summed E-state index contributed by atoms with van der Waals surface area (Å²) in [5.41, 5.74) is 1.67. The lowest BCUT2D eigenvalue weighted by molar-refractivity contribution is -0.122. The first kappa shape index (κ1) is 27.9. The lowest BCUT2D eigenvalue weighted by atomic mass is 9.83. The maximum atomic E-state index is 13.8. The second-order valence-corrected chi connectivity index (χ2v) is 12.7. The highest BCUT2D eigenvalue weighted by molar-refractivity contribution is 8.00. The van der Waals surface area contributed by atoms with Crippen molar-refractivity contribution >= 4 is 87.0 Å². The van der Waals surface area contributed by atoms with Crippen molar-refractivity contribution in [1.82, 2.24) is 4.98 Å². The van der Waals surface area contributed by atoms with Crippen LogP contribution in [0.1, 0.15) is 16.4 Å². The summed E-state index contributed by atoms with van der Waals surface area (Å²) < 4.78 is 5.65. The highest BCUT2D eigenvalue weighted by atomic mass is 35.5. The van der Waals surface area contributed by atoms with Gasteiger partial charge in [-0.25, -0.2) is 4.90 Å². The first-order valence-electron chi connectivity index (χ1n) is 12.2. The number of thioether (sulfide) groups is 1. The van der Waals surface area contributed by atoms with Gasteiger partial charge < -0.3 is 15.0 Å². The fourth-order valence-corrected chi connectivity index (χ4v) is 7.85. The molecule has 1 saturated heterocycles. The summed E-state index contributed by atoms with van der Waals surface area (Å²) in [6.07, 6.45) is 0. The largest absolute Gasteiger partial charge is 0.484 e. The van der Waals surface area contributed by atoms with Crippen LogP contribution in [0.5, 0.6) is 5.75 Å². The van der Waals surface area contributed by atoms with Crippen molar-refractivity contribution in [3.05, 3.63) is 102 Å². The number of hydrogen-bond acceptors (Lipinski definition) is 7. The SMILES string of the molecule is O=C(COc1ccc([C@H]2c3sc(=O)[nH]c3SC3C(=O)N(c4ccc(Cl)cc4)C(=O)C32)cc1)Nc1ccc(Cl)c(Cl)c1. The summed E-state index contributed by atoms with van der Waals surface area (Å²) in [7, 11) is 0. The summed E-state index contributed by atoms with van der Waals surface area (Å²) in [5.74, 6) is -1.89. The Balaban J connectivity index is 1.23. The zero-order valence-corrected chi connectivity index (χ0v) is 24.6. The second kappa shape index (κ2) is 11.2. The minimum atomic E-state index is -0.717. The van der Waals surface area contributed by atoms with Crippen molar-refractivity contribution < 1.29 is 19.1 Å². The molecule has 2 N–H and O–H groups in total. The number of aromatic nitrogens is 1. The third-order valence-corrected chi connectivity index (χ3v) is 10.1. The molecule has 1 aromatic heterocycles. The van der Waals surface area contributed by atoms with Crippen LogP contribution >= 0.6 is 57.9 Å². The third-order valence-electron chi connectivity index (χ3n) is 6.72. The molecule has 1 fully saturated rings. The second-order valence-electron chi connectivity index (χ2n) is 9.27. The molecule has 3 heterocycles. The number of carbonyl (C=O) groups excluding carboxylic acids is 3. The molecule has 8 nitrogen and oxygen atoms in total. The van der Waals surface area contributed by atoms with Gasteiger partial charge in [-0.15, -0.1) is 0 Å². The molecular formula is C28H18Cl3N3O5S2. The average molecular weight is 647 g/mol. The highest BCUT2D eigenvalue weighted by Crippen LogP contribution is 2.53. The number of benzene rings is 3. The van der Waals surface area contributed by atoms with E-state index in [2.05, 4.69) is 10.3 Å². The third kappa shape index (κ3) is 5.38. The number of ether oxygens (including phenoxy) is 1. The van der Waals surface area contributed by atoms with Crippen LogP contribution < -0.4 is 19.8 Å². The molecule has 41 heavy (non-hydrogen) atoms. The minimum Gasteiger partial charge on any atom is -0.484 e. The topological polar surface area (TPSA) is 109 Å². The molecule has 6 rings (SSSR count). The van der Waals surface area contributed by atoms with Gasteiger partial charge >= 0.3 is 4.87 Å². The number of halogens is 3. The number of nitrogens with one attached hydrogen (secondary N) is 2. The lowest BCUT2D eigenvalue weighted by Gasteiger charge is -2.29. The van der Waals surface area contributed by atoms with E-state index in [1.165, 1.54) is 16.7 Å². The van der Waals surface area contributed by atoms with E-state index in [0.717, 1.165) is 16.9 Å². The van der Waals surface area contributed by atoms with Crippen molar-refractivity contribution in [2.45, 2.75) is 16.2 Å². The highest BCUT2D eigenvalue weighted by Gasteiger charge is 2.56. The van der Waals surface area contributed by atoms with E-state index in [1.807, 2.05) is 0 Å². The van der Waals surface area contributed by atoms with Crippen LogP contribution in [0.15, 0.2) is 76.6 Å². The number of aromatic amines is 1. The number of anilines is 2. The average Bonchev–Trinajstić information content (AvgIpc) is 3.44. The smallest absolute Gasteiger partial charge is 0.305 e.